The first-order valence-corrected chi connectivity index (χ1v) is 12.3. The molecule has 0 bridgehead atoms. The number of carboxylic acids is 1. The van der Waals surface area contributed by atoms with Gasteiger partial charge in [0.25, 0.3) is 0 Å². The van der Waals surface area contributed by atoms with Gasteiger partial charge < -0.3 is 34.9 Å². The summed E-state index contributed by atoms with van der Waals surface area (Å²) in [6.07, 6.45) is -1.10. The molecule has 2 aromatic rings. The Morgan fingerprint density at radius 1 is 1.19 bits per heavy atom. The SMILES string of the molecule is CC(C)OC(=O)OC1[C@H]2O[C@@](C)(c3ccc4c(N)ncnn34)[C@H](O)[C@@]12OC(=O)CCCCCCC(=O)O. The summed E-state index contributed by atoms with van der Waals surface area (Å²) in [5.74, 6) is -1.21. The van der Waals surface area contributed by atoms with Crippen LogP contribution in [0.4, 0.5) is 10.6 Å². The number of unbranched alkanes of at least 4 members (excludes halogenated alkanes) is 3. The number of aliphatic hydroxyl groups excluding tert-OH is 1. The number of aromatic nitrogens is 3. The molecule has 4 rings (SSSR count). The number of esters is 1. The van der Waals surface area contributed by atoms with E-state index < -0.39 is 53.7 Å². The van der Waals surface area contributed by atoms with Gasteiger partial charge >= 0.3 is 18.1 Å². The van der Waals surface area contributed by atoms with Crippen molar-refractivity contribution in [2.75, 3.05) is 5.73 Å². The third-order valence-corrected chi connectivity index (χ3v) is 6.73. The van der Waals surface area contributed by atoms with Crippen molar-refractivity contribution in [3.8, 4) is 0 Å². The van der Waals surface area contributed by atoms with E-state index in [2.05, 4.69) is 10.1 Å². The zero-order valence-corrected chi connectivity index (χ0v) is 21.0. The monoisotopic (exact) mass is 520 g/mol. The molecule has 2 aromatic heterocycles. The highest BCUT2D eigenvalue weighted by Crippen LogP contribution is 2.61. The second-order valence-electron chi connectivity index (χ2n) is 9.80. The number of nitrogens with two attached hydrogens (primary N) is 1. The minimum Gasteiger partial charge on any atom is -0.481 e. The van der Waals surface area contributed by atoms with Crippen LogP contribution in [0.2, 0.25) is 0 Å². The number of fused-ring (bicyclic) bond motifs is 2. The van der Waals surface area contributed by atoms with Crippen LogP contribution in [0.25, 0.3) is 5.52 Å². The Balaban J connectivity index is 1.50. The number of carbonyl (C=O) groups is 3. The lowest BCUT2D eigenvalue weighted by atomic mass is 9.91. The Kier molecular flexibility index (Phi) is 7.29. The fourth-order valence-corrected chi connectivity index (χ4v) is 4.87. The predicted octanol–water partition coefficient (Wildman–Crippen LogP) is 1.94. The second kappa shape index (κ2) is 10.1. The number of ether oxygens (including phenoxy) is 4. The quantitative estimate of drug-likeness (QED) is 0.289. The van der Waals surface area contributed by atoms with Crippen LogP contribution in [-0.2, 0) is 34.1 Å². The van der Waals surface area contributed by atoms with Crippen molar-refractivity contribution >= 4 is 29.4 Å². The van der Waals surface area contributed by atoms with Crippen molar-refractivity contribution in [2.24, 2.45) is 0 Å². The van der Waals surface area contributed by atoms with Crippen LogP contribution >= 0.6 is 0 Å². The summed E-state index contributed by atoms with van der Waals surface area (Å²) in [7, 11) is 0. The first-order valence-electron chi connectivity index (χ1n) is 12.3. The van der Waals surface area contributed by atoms with Crippen molar-refractivity contribution in [3.63, 3.8) is 0 Å². The van der Waals surface area contributed by atoms with Crippen LogP contribution in [0, 0.1) is 0 Å². The van der Waals surface area contributed by atoms with Crippen LogP contribution in [0.3, 0.4) is 0 Å². The molecule has 2 aliphatic rings. The number of carbonyl (C=O) groups excluding carboxylic acids is 2. The van der Waals surface area contributed by atoms with Gasteiger partial charge in [-0.3, -0.25) is 9.59 Å². The average molecular weight is 521 g/mol. The molecule has 1 aliphatic heterocycles. The van der Waals surface area contributed by atoms with Gasteiger partial charge in [-0.05, 0) is 45.7 Å². The fraction of sp³-hybridized carbons (Fsp3) is 0.625. The highest BCUT2D eigenvalue weighted by Gasteiger charge is 2.85. The maximum absolute atomic E-state index is 12.8. The van der Waals surface area contributed by atoms with Crippen LogP contribution in [0.15, 0.2) is 18.5 Å². The van der Waals surface area contributed by atoms with Gasteiger partial charge in [-0.25, -0.2) is 14.3 Å². The smallest absolute Gasteiger partial charge is 0.481 e. The van der Waals surface area contributed by atoms with Gasteiger partial charge in [0, 0.05) is 12.8 Å². The molecule has 5 atom stereocenters. The number of hydrogen-bond donors (Lipinski definition) is 3. The second-order valence-corrected chi connectivity index (χ2v) is 9.80. The third-order valence-electron chi connectivity index (χ3n) is 6.73. The normalized spacial score (nSPS) is 28.2. The Morgan fingerprint density at radius 2 is 1.89 bits per heavy atom. The van der Waals surface area contributed by atoms with Crippen LogP contribution < -0.4 is 5.73 Å². The Bertz CT molecular complexity index is 1180. The van der Waals surface area contributed by atoms with E-state index >= 15 is 0 Å². The number of aliphatic hydroxyl groups is 1. The minimum atomic E-state index is -1.63. The molecule has 0 amide bonds. The summed E-state index contributed by atoms with van der Waals surface area (Å²) >= 11 is 0. The number of anilines is 1. The van der Waals surface area contributed by atoms with Crippen LogP contribution in [0.1, 0.15) is 65.0 Å². The minimum absolute atomic E-state index is 0.0476. The van der Waals surface area contributed by atoms with E-state index in [-0.39, 0.29) is 18.7 Å². The van der Waals surface area contributed by atoms with Crippen molar-refractivity contribution in [3.05, 3.63) is 24.2 Å². The van der Waals surface area contributed by atoms with E-state index in [1.807, 2.05) is 0 Å². The summed E-state index contributed by atoms with van der Waals surface area (Å²) in [6, 6.07) is 3.37. The van der Waals surface area contributed by atoms with Crippen molar-refractivity contribution in [1.29, 1.82) is 0 Å². The molecule has 1 unspecified atom stereocenters. The van der Waals surface area contributed by atoms with Gasteiger partial charge in [-0.1, -0.05) is 12.8 Å². The molecule has 0 spiro atoms. The Hall–Kier alpha value is -3.45. The summed E-state index contributed by atoms with van der Waals surface area (Å²) in [6.45, 7) is 4.95. The molecule has 1 aliphatic carbocycles. The molecular weight excluding hydrogens is 488 g/mol. The van der Waals surface area contributed by atoms with Crippen molar-refractivity contribution < 1.29 is 43.5 Å². The van der Waals surface area contributed by atoms with E-state index in [1.165, 1.54) is 10.8 Å². The number of rotatable bonds is 11. The number of carboxylic acid groups (broad SMARTS) is 1. The van der Waals surface area contributed by atoms with Crippen LogP contribution in [0.5, 0.6) is 0 Å². The fourth-order valence-electron chi connectivity index (χ4n) is 4.87. The highest BCUT2D eigenvalue weighted by atomic mass is 16.8. The van der Waals surface area contributed by atoms with Crippen LogP contribution in [-0.4, -0.2) is 72.9 Å². The number of nitrogen functional groups attached to an aromatic ring is 1. The maximum atomic E-state index is 12.8. The first-order chi connectivity index (χ1) is 17.5. The van der Waals surface area contributed by atoms with E-state index in [1.54, 1.807) is 32.9 Å². The lowest BCUT2D eigenvalue weighted by molar-refractivity contribution is -0.170. The van der Waals surface area contributed by atoms with Crippen molar-refractivity contribution in [2.45, 2.75) is 94.9 Å². The molecule has 0 aromatic carbocycles. The standard InChI is InChI=1S/C24H32N4O9/c1-13(2)34-22(33)35-18-19-24(18,36-17(31)9-7-5-4-6-8-16(29)30)21(32)23(3,37-19)15-11-10-14-20(25)26-12-27-28(14)15/h10-13,18-19,21,32H,4-9H2,1-3H3,(H,29,30)(H2,25,26,27)/t18?,19-,21+,23+,24-/m1/s1. The average Bonchev–Trinajstić information content (AvgIpc) is 3.10. The van der Waals surface area contributed by atoms with Gasteiger partial charge in [-0.2, -0.15) is 5.10 Å². The predicted molar refractivity (Wildman–Crippen MR) is 126 cm³/mol. The topological polar surface area (TPSA) is 185 Å². The zero-order chi connectivity index (χ0) is 27.0. The summed E-state index contributed by atoms with van der Waals surface area (Å²) in [5.41, 5.74) is 3.89. The molecular formula is C24H32N4O9. The molecule has 2 fully saturated rings. The lowest BCUT2D eigenvalue weighted by Crippen LogP contribution is -2.48. The number of aliphatic carboxylic acids is 1. The van der Waals surface area contributed by atoms with Crippen molar-refractivity contribution in [1.82, 2.24) is 14.6 Å². The van der Waals surface area contributed by atoms with Gasteiger partial charge in [0.05, 0.1) is 11.8 Å². The number of hydrogen-bond acceptors (Lipinski definition) is 11. The summed E-state index contributed by atoms with van der Waals surface area (Å²) in [4.78, 5) is 39.6. The molecule has 202 valence electrons. The van der Waals surface area contributed by atoms with Gasteiger partial charge in [0.2, 0.25) is 5.60 Å². The van der Waals surface area contributed by atoms with Gasteiger partial charge in [0.1, 0.15) is 29.7 Å². The summed E-state index contributed by atoms with van der Waals surface area (Å²) in [5, 5.41) is 24.5. The molecule has 1 saturated heterocycles. The highest BCUT2D eigenvalue weighted by molar-refractivity contribution is 5.72. The zero-order valence-electron chi connectivity index (χ0n) is 21.0. The molecule has 13 nitrogen and oxygen atoms in total. The van der Waals surface area contributed by atoms with Gasteiger partial charge in [0.15, 0.2) is 11.9 Å². The number of nitrogens with zero attached hydrogens (tertiary/aromatic N) is 3. The molecule has 13 heteroatoms. The van der Waals surface area contributed by atoms with E-state index in [0.717, 1.165) is 0 Å². The van der Waals surface area contributed by atoms with E-state index in [9.17, 15) is 19.5 Å². The van der Waals surface area contributed by atoms with Gasteiger partial charge in [-0.15, -0.1) is 0 Å². The van der Waals surface area contributed by atoms with E-state index in [4.69, 9.17) is 29.8 Å². The first kappa shape index (κ1) is 26.6. The molecule has 3 heterocycles. The van der Waals surface area contributed by atoms with E-state index in [0.29, 0.717) is 36.9 Å². The molecule has 37 heavy (non-hydrogen) atoms. The maximum Gasteiger partial charge on any atom is 0.509 e. The third kappa shape index (κ3) is 4.92. The Morgan fingerprint density at radius 3 is 2.57 bits per heavy atom. The Labute approximate surface area is 212 Å². The largest absolute Gasteiger partial charge is 0.509 e. The summed E-state index contributed by atoms with van der Waals surface area (Å²) < 4.78 is 23.9. The molecule has 1 saturated carbocycles. The lowest BCUT2D eigenvalue weighted by Gasteiger charge is -2.33. The molecule has 4 N–H and O–H groups in total. The molecule has 0 radical (unpaired) electrons.